The minimum Gasteiger partial charge on any atom is -0.492 e. The fourth-order valence-corrected chi connectivity index (χ4v) is 4.39. The van der Waals surface area contributed by atoms with Crippen molar-refractivity contribution in [2.24, 2.45) is 5.92 Å². The quantitative estimate of drug-likeness (QED) is 0.662. The SMILES string of the molecule is COc1c(N2C[C@H](NC(=O)OC(C)(C)C)[C@@H](C)C2)c(F)cc2c(=O)n(N)c(=O)n(C3CC3)c12. The van der Waals surface area contributed by atoms with Crippen LogP contribution in [0.5, 0.6) is 5.75 Å². The van der Waals surface area contributed by atoms with Gasteiger partial charge in [-0.2, -0.15) is 4.68 Å². The molecule has 1 saturated carbocycles. The molecule has 0 spiro atoms. The first-order chi connectivity index (χ1) is 15.4. The number of nitrogens with zero attached hydrogens (tertiary/aromatic N) is 3. The van der Waals surface area contributed by atoms with Crippen molar-refractivity contribution in [3.8, 4) is 5.75 Å². The van der Waals surface area contributed by atoms with Crippen molar-refractivity contribution in [3.63, 3.8) is 0 Å². The summed E-state index contributed by atoms with van der Waals surface area (Å²) in [7, 11) is 1.38. The third kappa shape index (κ3) is 4.11. The molecular formula is C22H30FN5O5. The van der Waals surface area contributed by atoms with Crippen LogP contribution in [0.4, 0.5) is 14.9 Å². The van der Waals surface area contributed by atoms with Crippen molar-refractivity contribution in [1.29, 1.82) is 0 Å². The Kier molecular flexibility index (Phi) is 5.53. The Balaban J connectivity index is 1.77. The van der Waals surface area contributed by atoms with E-state index in [2.05, 4.69) is 5.32 Å². The Morgan fingerprint density at radius 1 is 1.24 bits per heavy atom. The zero-order valence-corrected chi connectivity index (χ0v) is 19.5. The van der Waals surface area contributed by atoms with E-state index in [1.54, 1.807) is 25.7 Å². The van der Waals surface area contributed by atoms with Gasteiger partial charge in [-0.1, -0.05) is 6.92 Å². The van der Waals surface area contributed by atoms with Gasteiger partial charge >= 0.3 is 11.8 Å². The standard InChI is InChI=1S/C22H30FN5O5/c1-11-9-26(10-15(11)25-20(30)33-22(2,3)4)17-14(23)8-13-16(18(17)32-5)27(12-6-7-12)21(31)28(24)19(13)29/h8,11-12,15H,6-7,9-10,24H2,1-5H3,(H,25,30)/t11-,15-/m0/s1. The van der Waals surface area contributed by atoms with E-state index in [1.165, 1.54) is 11.7 Å². The number of methoxy groups -OCH3 is 1. The van der Waals surface area contributed by atoms with Crippen molar-refractivity contribution in [3.05, 3.63) is 32.7 Å². The van der Waals surface area contributed by atoms with Crippen LogP contribution >= 0.6 is 0 Å². The molecule has 2 aliphatic rings. The van der Waals surface area contributed by atoms with Crippen LogP contribution < -0.4 is 32.0 Å². The number of fused-ring (bicyclic) bond motifs is 1. The fourth-order valence-electron chi connectivity index (χ4n) is 4.39. The van der Waals surface area contributed by atoms with Gasteiger partial charge in [0.1, 0.15) is 16.8 Å². The average Bonchev–Trinajstić information content (AvgIpc) is 3.48. The Hall–Kier alpha value is -3.24. The van der Waals surface area contributed by atoms with Crippen LogP contribution in [0.1, 0.15) is 46.6 Å². The van der Waals surface area contributed by atoms with Gasteiger partial charge in [0.25, 0.3) is 5.56 Å². The second-order valence-electron chi connectivity index (χ2n) is 9.83. The molecule has 0 unspecified atom stereocenters. The number of aromatic nitrogens is 2. The lowest BCUT2D eigenvalue weighted by Gasteiger charge is -2.25. The molecule has 1 aromatic heterocycles. The van der Waals surface area contributed by atoms with Crippen molar-refractivity contribution >= 4 is 22.7 Å². The number of alkyl carbamates (subject to hydrolysis) is 1. The number of nitrogens with one attached hydrogen (secondary N) is 1. The molecule has 0 radical (unpaired) electrons. The molecule has 1 aromatic carbocycles. The number of hydrogen-bond donors (Lipinski definition) is 2. The Morgan fingerprint density at radius 3 is 2.48 bits per heavy atom. The van der Waals surface area contributed by atoms with Crippen LogP contribution in [0.25, 0.3) is 10.9 Å². The van der Waals surface area contributed by atoms with E-state index in [0.29, 0.717) is 17.8 Å². The molecule has 2 fully saturated rings. The summed E-state index contributed by atoms with van der Waals surface area (Å²) in [6.07, 6.45) is 0.968. The largest absolute Gasteiger partial charge is 0.492 e. The first kappa shape index (κ1) is 22.9. The van der Waals surface area contributed by atoms with Gasteiger partial charge in [-0.25, -0.2) is 14.0 Å². The van der Waals surface area contributed by atoms with E-state index in [4.69, 9.17) is 15.3 Å². The van der Waals surface area contributed by atoms with Gasteiger partial charge in [-0.3, -0.25) is 9.36 Å². The number of amides is 1. The second-order valence-corrected chi connectivity index (χ2v) is 9.83. The minimum atomic E-state index is -0.782. The Morgan fingerprint density at radius 2 is 1.91 bits per heavy atom. The monoisotopic (exact) mass is 463 g/mol. The van der Waals surface area contributed by atoms with Gasteiger partial charge in [0.2, 0.25) is 0 Å². The van der Waals surface area contributed by atoms with Crippen molar-refractivity contribution in [1.82, 2.24) is 14.6 Å². The number of nitrogens with two attached hydrogens (primary N) is 1. The number of halogens is 1. The summed E-state index contributed by atoms with van der Waals surface area (Å²) < 4.78 is 28.3. The predicted octanol–water partition coefficient (Wildman–Crippen LogP) is 1.71. The number of carbonyl (C=O) groups excluding carboxylic acids is 1. The predicted molar refractivity (Wildman–Crippen MR) is 122 cm³/mol. The third-order valence-corrected chi connectivity index (χ3v) is 6.03. The van der Waals surface area contributed by atoms with Crippen molar-refractivity contribution < 1.29 is 18.7 Å². The maximum atomic E-state index is 15.4. The van der Waals surface area contributed by atoms with Crippen LogP contribution in [-0.4, -0.2) is 47.2 Å². The number of hydrogen-bond acceptors (Lipinski definition) is 7. The molecule has 11 heteroatoms. The molecule has 33 heavy (non-hydrogen) atoms. The summed E-state index contributed by atoms with van der Waals surface area (Å²) in [5.41, 5.74) is -1.69. The lowest BCUT2D eigenvalue weighted by molar-refractivity contribution is 0.0499. The molecule has 1 saturated heterocycles. The van der Waals surface area contributed by atoms with Crippen LogP contribution in [0.15, 0.2) is 15.7 Å². The minimum absolute atomic E-state index is 0.0139. The van der Waals surface area contributed by atoms with Gasteiger partial charge in [0.15, 0.2) is 11.6 Å². The highest BCUT2D eigenvalue weighted by Gasteiger charge is 2.37. The van der Waals surface area contributed by atoms with Gasteiger partial charge in [0, 0.05) is 19.1 Å². The van der Waals surface area contributed by atoms with E-state index in [0.717, 1.165) is 18.9 Å². The number of ether oxygens (including phenoxy) is 2. The highest BCUT2D eigenvalue weighted by molar-refractivity contribution is 5.91. The van der Waals surface area contributed by atoms with Crippen LogP contribution in [-0.2, 0) is 4.74 Å². The fraction of sp³-hybridized carbons (Fsp3) is 0.591. The highest BCUT2D eigenvalue weighted by atomic mass is 19.1. The summed E-state index contributed by atoms with van der Waals surface area (Å²) >= 11 is 0. The molecule has 2 heterocycles. The first-order valence-electron chi connectivity index (χ1n) is 11.0. The molecule has 1 aliphatic carbocycles. The van der Waals surface area contributed by atoms with Crippen molar-refractivity contribution in [2.45, 2.75) is 58.2 Å². The molecule has 1 amide bonds. The number of benzene rings is 1. The molecule has 0 bridgehead atoms. The summed E-state index contributed by atoms with van der Waals surface area (Å²) in [5, 5.41) is 2.84. The maximum absolute atomic E-state index is 15.4. The summed E-state index contributed by atoms with van der Waals surface area (Å²) in [5.74, 6) is 5.12. The van der Waals surface area contributed by atoms with Crippen LogP contribution in [0.2, 0.25) is 0 Å². The lowest BCUT2D eigenvalue weighted by atomic mass is 10.1. The van der Waals surface area contributed by atoms with Gasteiger partial charge in [-0.05, 0) is 45.6 Å². The molecular weight excluding hydrogens is 433 g/mol. The summed E-state index contributed by atoms with van der Waals surface area (Å²) in [4.78, 5) is 39.5. The first-order valence-corrected chi connectivity index (χ1v) is 11.0. The molecule has 4 rings (SSSR count). The highest BCUT2D eigenvalue weighted by Crippen LogP contribution is 2.43. The number of rotatable bonds is 4. The molecule has 3 N–H and O–H groups in total. The Bertz CT molecular complexity index is 1230. The van der Waals surface area contributed by atoms with E-state index in [-0.39, 0.29) is 40.3 Å². The Labute approximate surface area is 190 Å². The van der Waals surface area contributed by atoms with Crippen LogP contribution in [0.3, 0.4) is 0 Å². The van der Waals surface area contributed by atoms with Crippen molar-refractivity contribution in [2.75, 3.05) is 30.9 Å². The molecule has 2 atom stereocenters. The number of carbonyl (C=O) groups is 1. The van der Waals surface area contributed by atoms with E-state index < -0.39 is 28.8 Å². The van der Waals surface area contributed by atoms with E-state index in [1.807, 2.05) is 6.92 Å². The third-order valence-electron chi connectivity index (χ3n) is 6.03. The molecule has 1 aliphatic heterocycles. The normalized spacial score (nSPS) is 20.8. The van der Waals surface area contributed by atoms with Gasteiger partial charge in [0.05, 0.1) is 18.5 Å². The smallest absolute Gasteiger partial charge is 0.407 e. The van der Waals surface area contributed by atoms with Gasteiger partial charge < -0.3 is 25.5 Å². The van der Waals surface area contributed by atoms with E-state index >= 15 is 4.39 Å². The zero-order chi connectivity index (χ0) is 24.2. The lowest BCUT2D eigenvalue weighted by Crippen LogP contribution is -2.44. The summed E-state index contributed by atoms with van der Waals surface area (Å²) in [6, 6.07) is 0.695. The molecule has 180 valence electrons. The van der Waals surface area contributed by atoms with Gasteiger partial charge in [-0.15, -0.1) is 0 Å². The zero-order valence-electron chi connectivity index (χ0n) is 19.5. The number of anilines is 1. The van der Waals surface area contributed by atoms with Crippen LogP contribution in [0, 0.1) is 11.7 Å². The summed E-state index contributed by atoms with van der Waals surface area (Å²) in [6.45, 7) is 8.02. The maximum Gasteiger partial charge on any atom is 0.407 e. The number of nitrogen functional groups attached to an aromatic ring is 1. The van der Waals surface area contributed by atoms with E-state index in [9.17, 15) is 14.4 Å². The topological polar surface area (TPSA) is 121 Å². The molecule has 2 aromatic rings. The average molecular weight is 464 g/mol. The molecule has 10 nitrogen and oxygen atoms in total. The second kappa shape index (κ2) is 7.96.